The maximum atomic E-state index is 13.5. The van der Waals surface area contributed by atoms with Crippen LogP contribution in [0.4, 0.5) is 8.78 Å². The van der Waals surface area contributed by atoms with E-state index in [2.05, 4.69) is 9.97 Å². The highest BCUT2D eigenvalue weighted by molar-refractivity contribution is 5.90. The summed E-state index contributed by atoms with van der Waals surface area (Å²) in [7, 11) is 0. The van der Waals surface area contributed by atoms with E-state index in [9.17, 15) is 13.6 Å². The number of likely N-dealkylation sites (tertiary alicyclic amines) is 1. The van der Waals surface area contributed by atoms with Crippen LogP contribution in [0.2, 0.25) is 0 Å². The summed E-state index contributed by atoms with van der Waals surface area (Å²) >= 11 is 0. The molecule has 1 atom stereocenters. The Bertz CT molecular complexity index is 589. The van der Waals surface area contributed by atoms with Crippen molar-refractivity contribution in [1.29, 1.82) is 0 Å². The first-order valence-corrected chi connectivity index (χ1v) is 7.63. The second-order valence-corrected chi connectivity index (χ2v) is 6.39. The summed E-state index contributed by atoms with van der Waals surface area (Å²) in [6.07, 6.45) is 1.90. The number of hydrogen-bond acceptors (Lipinski definition) is 4. The van der Waals surface area contributed by atoms with Crippen LogP contribution in [0.1, 0.15) is 54.1 Å². The molecule has 120 valence electrons. The lowest BCUT2D eigenvalue weighted by Crippen LogP contribution is -2.45. The number of nitrogens with zero attached hydrogens (tertiary/aromatic N) is 3. The van der Waals surface area contributed by atoms with E-state index in [1.165, 1.54) is 0 Å². The van der Waals surface area contributed by atoms with Crippen molar-refractivity contribution >= 4 is 5.91 Å². The molecule has 5 nitrogen and oxygen atoms in total. The molecule has 1 aromatic rings. The fourth-order valence-electron chi connectivity index (χ4n) is 2.79. The molecule has 1 amide bonds. The van der Waals surface area contributed by atoms with Crippen LogP contribution >= 0.6 is 0 Å². The number of carbonyl (C=O) groups excluding carboxylic acids is 1. The Balaban J connectivity index is 1.76. The lowest BCUT2D eigenvalue weighted by atomic mass is 9.95. The molecule has 1 aromatic heterocycles. The summed E-state index contributed by atoms with van der Waals surface area (Å²) in [5, 5.41) is 0. The summed E-state index contributed by atoms with van der Waals surface area (Å²) in [5.41, 5.74) is 6.21. The molecule has 1 aliphatic heterocycles. The van der Waals surface area contributed by atoms with Crippen molar-refractivity contribution < 1.29 is 13.6 Å². The molecular formula is C15H20F2N4O. The van der Waals surface area contributed by atoms with Crippen LogP contribution in [0.5, 0.6) is 0 Å². The van der Waals surface area contributed by atoms with Crippen molar-refractivity contribution in [3.05, 3.63) is 23.3 Å². The van der Waals surface area contributed by atoms with Gasteiger partial charge in [0.1, 0.15) is 11.5 Å². The predicted octanol–water partition coefficient (Wildman–Crippen LogP) is 1.93. The van der Waals surface area contributed by atoms with E-state index in [0.29, 0.717) is 37.1 Å². The van der Waals surface area contributed by atoms with E-state index < -0.39 is 17.7 Å². The van der Waals surface area contributed by atoms with Crippen LogP contribution < -0.4 is 5.73 Å². The number of carbonyl (C=O) groups is 1. The zero-order chi connectivity index (χ0) is 15.9. The second kappa shape index (κ2) is 5.53. The second-order valence-electron chi connectivity index (χ2n) is 6.39. The number of nitrogens with two attached hydrogens (primary N) is 1. The van der Waals surface area contributed by atoms with Gasteiger partial charge in [-0.25, -0.2) is 18.7 Å². The number of halogens is 2. The Morgan fingerprint density at radius 2 is 2.18 bits per heavy atom. The third-order valence-corrected chi connectivity index (χ3v) is 4.39. The first kappa shape index (κ1) is 15.3. The van der Waals surface area contributed by atoms with Crippen molar-refractivity contribution in [3.63, 3.8) is 0 Å². The summed E-state index contributed by atoms with van der Waals surface area (Å²) < 4.78 is 27.1. The average Bonchev–Trinajstić information content (AvgIpc) is 3.27. The molecule has 1 saturated carbocycles. The molecule has 2 N–H and O–H groups in total. The van der Waals surface area contributed by atoms with Gasteiger partial charge in [0, 0.05) is 37.9 Å². The molecule has 0 radical (unpaired) electrons. The first-order chi connectivity index (χ1) is 10.3. The fraction of sp³-hybridized carbons (Fsp3) is 0.667. The maximum Gasteiger partial charge on any atom is 0.267 e. The minimum Gasteiger partial charge on any atom is -0.364 e. The van der Waals surface area contributed by atoms with Crippen molar-refractivity contribution in [2.24, 2.45) is 11.7 Å². The van der Waals surface area contributed by atoms with Gasteiger partial charge < -0.3 is 5.73 Å². The number of alkyl halides is 2. The van der Waals surface area contributed by atoms with E-state index in [-0.39, 0.29) is 12.1 Å². The molecule has 0 spiro atoms. The van der Waals surface area contributed by atoms with Crippen LogP contribution in [0.25, 0.3) is 0 Å². The number of primary amides is 1. The molecule has 2 heterocycles. The molecule has 2 aliphatic rings. The van der Waals surface area contributed by atoms with Crippen LogP contribution in [0, 0.1) is 5.92 Å². The maximum absolute atomic E-state index is 13.5. The molecule has 7 heteroatoms. The topological polar surface area (TPSA) is 72.1 Å². The molecule has 1 aliphatic carbocycles. The van der Waals surface area contributed by atoms with Gasteiger partial charge in [-0.3, -0.25) is 9.69 Å². The van der Waals surface area contributed by atoms with E-state index >= 15 is 0 Å². The van der Waals surface area contributed by atoms with Crippen LogP contribution in [-0.4, -0.2) is 39.8 Å². The summed E-state index contributed by atoms with van der Waals surface area (Å²) in [4.78, 5) is 22.0. The number of rotatable bonds is 4. The van der Waals surface area contributed by atoms with Crippen molar-refractivity contribution in [2.75, 3.05) is 13.1 Å². The minimum atomic E-state index is -2.60. The number of piperidine rings is 1. The third kappa shape index (κ3) is 3.24. The van der Waals surface area contributed by atoms with Gasteiger partial charge in [0.25, 0.3) is 11.8 Å². The smallest absolute Gasteiger partial charge is 0.267 e. The van der Waals surface area contributed by atoms with Crippen molar-refractivity contribution in [1.82, 2.24) is 14.9 Å². The normalized spacial score (nSPS) is 25.1. The minimum absolute atomic E-state index is 0.141. The zero-order valence-corrected chi connectivity index (χ0v) is 12.6. The number of hydrogen-bond donors (Lipinski definition) is 1. The molecule has 0 bridgehead atoms. The highest BCUT2D eigenvalue weighted by Crippen LogP contribution is 2.38. The summed E-state index contributed by atoms with van der Waals surface area (Å²) in [5.74, 6) is -2.89. The quantitative estimate of drug-likeness (QED) is 0.922. The predicted molar refractivity (Wildman–Crippen MR) is 76.5 cm³/mol. The molecule has 3 rings (SSSR count). The van der Waals surface area contributed by atoms with Gasteiger partial charge in [0.15, 0.2) is 0 Å². The molecule has 1 saturated heterocycles. The summed E-state index contributed by atoms with van der Waals surface area (Å²) in [6.45, 7) is 2.66. The van der Waals surface area contributed by atoms with Gasteiger partial charge in [-0.15, -0.1) is 0 Å². The van der Waals surface area contributed by atoms with E-state index in [0.717, 1.165) is 12.8 Å². The summed E-state index contributed by atoms with van der Waals surface area (Å²) in [6, 6.07) is 1.58. The Labute approximate surface area is 127 Å². The highest BCUT2D eigenvalue weighted by atomic mass is 19.3. The van der Waals surface area contributed by atoms with Gasteiger partial charge in [0.2, 0.25) is 0 Å². The van der Waals surface area contributed by atoms with Crippen LogP contribution in [-0.2, 0) is 6.54 Å². The highest BCUT2D eigenvalue weighted by Gasteiger charge is 2.41. The SMILES string of the molecule is C[C@@H]1CN(Cc2cc(C(N)=O)nc(C3CC3)n2)CCC1(F)F. The largest absolute Gasteiger partial charge is 0.364 e. The Hall–Kier alpha value is -1.63. The molecule has 0 unspecified atom stereocenters. The fourth-order valence-corrected chi connectivity index (χ4v) is 2.79. The van der Waals surface area contributed by atoms with Crippen molar-refractivity contribution in [3.8, 4) is 0 Å². The van der Waals surface area contributed by atoms with Crippen molar-refractivity contribution in [2.45, 2.75) is 44.6 Å². The standard InChI is InChI=1S/C15H20F2N4O/c1-9-7-21(5-4-15(9,16)17)8-11-6-12(13(18)22)20-14(19-11)10-2-3-10/h6,9-10H,2-5,7-8H2,1H3,(H2,18,22)/t9-/m1/s1. The zero-order valence-electron chi connectivity index (χ0n) is 12.6. The Kier molecular flexibility index (Phi) is 3.84. The lowest BCUT2D eigenvalue weighted by molar-refractivity contribution is -0.100. The van der Waals surface area contributed by atoms with Crippen LogP contribution in [0.15, 0.2) is 6.07 Å². The number of amides is 1. The Morgan fingerprint density at radius 1 is 1.45 bits per heavy atom. The lowest BCUT2D eigenvalue weighted by Gasteiger charge is -2.36. The van der Waals surface area contributed by atoms with Crippen LogP contribution in [0.3, 0.4) is 0 Å². The number of aromatic nitrogens is 2. The van der Waals surface area contributed by atoms with Gasteiger partial charge in [0.05, 0.1) is 5.69 Å². The third-order valence-electron chi connectivity index (χ3n) is 4.39. The van der Waals surface area contributed by atoms with Gasteiger partial charge >= 0.3 is 0 Å². The van der Waals surface area contributed by atoms with E-state index in [1.54, 1.807) is 13.0 Å². The monoisotopic (exact) mass is 310 g/mol. The molecule has 2 fully saturated rings. The molecule has 0 aromatic carbocycles. The average molecular weight is 310 g/mol. The molecule has 22 heavy (non-hydrogen) atoms. The van der Waals surface area contributed by atoms with E-state index in [4.69, 9.17) is 5.73 Å². The Morgan fingerprint density at radius 3 is 2.77 bits per heavy atom. The van der Waals surface area contributed by atoms with Gasteiger partial charge in [-0.05, 0) is 18.9 Å². The first-order valence-electron chi connectivity index (χ1n) is 7.63. The van der Waals surface area contributed by atoms with E-state index in [1.807, 2.05) is 4.90 Å². The van der Waals surface area contributed by atoms with Gasteiger partial charge in [-0.2, -0.15) is 0 Å². The molecular weight excluding hydrogens is 290 g/mol. The van der Waals surface area contributed by atoms with Gasteiger partial charge in [-0.1, -0.05) is 6.92 Å².